The van der Waals surface area contributed by atoms with Crippen LogP contribution >= 0.6 is 0 Å². The average molecular weight is 256 g/mol. The number of carbonyl (C=O) groups is 2. The van der Waals surface area contributed by atoms with Gasteiger partial charge < -0.3 is 20.8 Å². The molecule has 0 spiro atoms. The Bertz CT molecular complexity index is 418. The van der Waals surface area contributed by atoms with Gasteiger partial charge in [0.1, 0.15) is 6.04 Å². The van der Waals surface area contributed by atoms with Crippen molar-refractivity contribution < 1.29 is 19.8 Å². The van der Waals surface area contributed by atoms with Crippen LogP contribution in [0.5, 0.6) is 0 Å². The lowest BCUT2D eigenvalue weighted by Gasteiger charge is -2.13. The molecule has 0 aliphatic heterocycles. The number of aliphatic carboxylic acids is 1. The summed E-state index contributed by atoms with van der Waals surface area (Å²) in [5.74, 6) is -1.18. The largest absolute Gasteiger partial charge is 0.480 e. The molecule has 2 amide bonds. The summed E-state index contributed by atoms with van der Waals surface area (Å²) in [6.07, 6.45) is 1.55. The fourth-order valence-electron chi connectivity index (χ4n) is 1.33. The van der Waals surface area contributed by atoms with Gasteiger partial charge in [-0.2, -0.15) is 5.10 Å². The molecule has 0 radical (unpaired) electrons. The summed E-state index contributed by atoms with van der Waals surface area (Å²) in [5.41, 5.74) is 1.65. The Hall–Kier alpha value is -2.09. The minimum absolute atomic E-state index is 0.0342. The molecule has 8 nitrogen and oxygen atoms in total. The fourth-order valence-corrected chi connectivity index (χ4v) is 1.33. The second-order valence-corrected chi connectivity index (χ2v) is 3.75. The number of carboxylic acids is 1. The van der Waals surface area contributed by atoms with E-state index < -0.39 is 18.0 Å². The summed E-state index contributed by atoms with van der Waals surface area (Å²) in [5, 5.41) is 28.7. The van der Waals surface area contributed by atoms with Crippen molar-refractivity contribution in [2.75, 3.05) is 6.61 Å². The molecule has 0 fully saturated rings. The highest BCUT2D eigenvalue weighted by atomic mass is 16.4. The van der Waals surface area contributed by atoms with Crippen LogP contribution in [-0.4, -0.2) is 45.1 Å². The third-order valence-electron chi connectivity index (χ3n) is 2.39. The van der Waals surface area contributed by atoms with Gasteiger partial charge in [-0.25, -0.2) is 9.59 Å². The van der Waals surface area contributed by atoms with Gasteiger partial charge in [0, 0.05) is 30.8 Å². The third kappa shape index (κ3) is 4.06. The highest BCUT2D eigenvalue weighted by Gasteiger charge is 2.18. The highest BCUT2D eigenvalue weighted by molar-refractivity contribution is 5.82. The first kappa shape index (κ1) is 14.0. The molecule has 1 aromatic rings. The predicted molar refractivity (Wildman–Crippen MR) is 61.8 cm³/mol. The molecular formula is C10H16N4O4. The lowest BCUT2D eigenvalue weighted by molar-refractivity contribution is -0.139. The summed E-state index contributed by atoms with van der Waals surface area (Å²) in [6, 6.07) is -1.70. The van der Waals surface area contributed by atoms with Crippen molar-refractivity contribution in [1.29, 1.82) is 0 Å². The Morgan fingerprint density at radius 2 is 2.28 bits per heavy atom. The molecule has 1 rings (SSSR count). The Morgan fingerprint density at radius 3 is 2.78 bits per heavy atom. The molecule has 0 saturated heterocycles. The van der Waals surface area contributed by atoms with Crippen LogP contribution in [-0.2, 0) is 11.3 Å². The number of aryl methyl sites for hydroxylation is 1. The smallest absolute Gasteiger partial charge is 0.326 e. The number of aromatic nitrogens is 2. The van der Waals surface area contributed by atoms with E-state index in [-0.39, 0.29) is 19.6 Å². The molecule has 18 heavy (non-hydrogen) atoms. The minimum atomic E-state index is -1.18. The molecule has 0 saturated carbocycles. The molecule has 5 N–H and O–H groups in total. The molecule has 0 aliphatic rings. The summed E-state index contributed by atoms with van der Waals surface area (Å²) in [6.45, 7) is 1.76. The number of hydrogen-bond acceptors (Lipinski definition) is 4. The minimum Gasteiger partial charge on any atom is -0.480 e. The number of nitrogens with zero attached hydrogens (tertiary/aromatic N) is 1. The van der Waals surface area contributed by atoms with Crippen molar-refractivity contribution >= 4 is 12.0 Å². The van der Waals surface area contributed by atoms with Gasteiger partial charge in [0.25, 0.3) is 0 Å². The van der Waals surface area contributed by atoms with Crippen LogP contribution in [0, 0.1) is 6.92 Å². The van der Waals surface area contributed by atoms with Crippen LogP contribution in [0.4, 0.5) is 4.79 Å². The average Bonchev–Trinajstić information content (AvgIpc) is 2.71. The van der Waals surface area contributed by atoms with Gasteiger partial charge in [0.05, 0.1) is 6.20 Å². The zero-order valence-electron chi connectivity index (χ0n) is 9.93. The van der Waals surface area contributed by atoms with Gasteiger partial charge >= 0.3 is 12.0 Å². The number of aromatic amines is 1. The van der Waals surface area contributed by atoms with Crippen LogP contribution in [0.3, 0.4) is 0 Å². The number of nitrogens with one attached hydrogen (secondary N) is 3. The maximum atomic E-state index is 11.4. The number of amides is 2. The number of H-pyrrole nitrogens is 1. The standard InChI is InChI=1S/C10H16N4O4/c1-6-7(5-12-14-6)4-11-10(18)13-8(2-3-15)9(16)17/h5,8,15H,2-4H2,1H3,(H,12,14)(H,16,17)(H2,11,13,18)/t8-/m1/s1. The van der Waals surface area contributed by atoms with Gasteiger partial charge in [0.15, 0.2) is 0 Å². The van der Waals surface area contributed by atoms with E-state index in [1.807, 2.05) is 6.92 Å². The molecule has 0 unspecified atom stereocenters. The highest BCUT2D eigenvalue weighted by Crippen LogP contribution is 2.01. The van der Waals surface area contributed by atoms with E-state index in [1.165, 1.54) is 0 Å². The molecule has 0 bridgehead atoms. The number of aliphatic hydroxyl groups excluding tert-OH is 1. The maximum absolute atomic E-state index is 11.4. The van der Waals surface area contributed by atoms with Crippen molar-refractivity contribution in [1.82, 2.24) is 20.8 Å². The summed E-state index contributed by atoms with van der Waals surface area (Å²) < 4.78 is 0. The van der Waals surface area contributed by atoms with Crippen molar-refractivity contribution in [3.05, 3.63) is 17.5 Å². The number of aliphatic hydroxyl groups is 1. The van der Waals surface area contributed by atoms with E-state index >= 15 is 0 Å². The normalized spacial score (nSPS) is 11.9. The number of urea groups is 1. The van der Waals surface area contributed by atoms with Crippen molar-refractivity contribution in [3.8, 4) is 0 Å². The van der Waals surface area contributed by atoms with Crippen LogP contribution in [0.25, 0.3) is 0 Å². The topological polar surface area (TPSA) is 127 Å². The first-order valence-electron chi connectivity index (χ1n) is 5.41. The third-order valence-corrected chi connectivity index (χ3v) is 2.39. The quantitative estimate of drug-likeness (QED) is 0.462. The molecule has 1 atom stereocenters. The summed E-state index contributed by atoms with van der Waals surface area (Å²) in [4.78, 5) is 22.2. The zero-order chi connectivity index (χ0) is 13.5. The molecule has 0 aromatic carbocycles. The van der Waals surface area contributed by atoms with Gasteiger partial charge in [-0.15, -0.1) is 0 Å². The molecule has 0 aliphatic carbocycles. The van der Waals surface area contributed by atoms with E-state index in [0.717, 1.165) is 11.3 Å². The fraction of sp³-hybridized carbons (Fsp3) is 0.500. The van der Waals surface area contributed by atoms with E-state index in [0.29, 0.717) is 0 Å². The van der Waals surface area contributed by atoms with E-state index in [4.69, 9.17) is 10.2 Å². The van der Waals surface area contributed by atoms with Crippen LogP contribution in [0.1, 0.15) is 17.7 Å². The van der Waals surface area contributed by atoms with Gasteiger partial charge in [-0.05, 0) is 6.92 Å². The Labute approximate surface area is 103 Å². The number of hydrogen-bond donors (Lipinski definition) is 5. The van der Waals surface area contributed by atoms with Gasteiger partial charge in [-0.1, -0.05) is 0 Å². The molecule has 1 heterocycles. The van der Waals surface area contributed by atoms with Crippen molar-refractivity contribution in [2.24, 2.45) is 0 Å². The number of carbonyl (C=O) groups excluding carboxylic acids is 1. The van der Waals surface area contributed by atoms with Crippen molar-refractivity contribution in [3.63, 3.8) is 0 Å². The monoisotopic (exact) mass is 256 g/mol. The molecular weight excluding hydrogens is 240 g/mol. The SMILES string of the molecule is Cc1[nH]ncc1CNC(=O)N[C@H](CCO)C(=O)O. The van der Waals surface area contributed by atoms with E-state index in [1.54, 1.807) is 6.20 Å². The van der Waals surface area contributed by atoms with Crippen LogP contribution < -0.4 is 10.6 Å². The first-order valence-corrected chi connectivity index (χ1v) is 5.41. The molecule has 1 aromatic heterocycles. The predicted octanol–water partition coefficient (Wildman–Crippen LogP) is -0.647. The zero-order valence-corrected chi connectivity index (χ0v) is 9.93. The summed E-state index contributed by atoms with van der Waals surface area (Å²) in [7, 11) is 0. The van der Waals surface area contributed by atoms with Gasteiger partial charge in [0.2, 0.25) is 0 Å². The first-order chi connectivity index (χ1) is 8.54. The molecule has 8 heteroatoms. The number of rotatable bonds is 6. The van der Waals surface area contributed by atoms with Crippen LogP contribution in [0.2, 0.25) is 0 Å². The maximum Gasteiger partial charge on any atom is 0.326 e. The Morgan fingerprint density at radius 1 is 1.56 bits per heavy atom. The van der Waals surface area contributed by atoms with Crippen LogP contribution in [0.15, 0.2) is 6.20 Å². The van der Waals surface area contributed by atoms with E-state index in [2.05, 4.69) is 20.8 Å². The number of carboxylic acid groups (broad SMARTS) is 1. The Kier molecular flexibility index (Phi) is 5.12. The second kappa shape index (κ2) is 6.60. The Balaban J connectivity index is 2.41. The van der Waals surface area contributed by atoms with Crippen molar-refractivity contribution in [2.45, 2.75) is 25.9 Å². The van der Waals surface area contributed by atoms with E-state index in [9.17, 15) is 9.59 Å². The second-order valence-electron chi connectivity index (χ2n) is 3.75. The lowest BCUT2D eigenvalue weighted by atomic mass is 10.2. The lowest BCUT2D eigenvalue weighted by Crippen LogP contribution is -2.46. The van der Waals surface area contributed by atoms with Gasteiger partial charge in [-0.3, -0.25) is 5.10 Å². The molecule has 100 valence electrons. The summed E-state index contributed by atoms with van der Waals surface area (Å²) >= 11 is 0.